The maximum absolute atomic E-state index is 13.6. The quantitative estimate of drug-likeness (QED) is 0.605. The van der Waals surface area contributed by atoms with E-state index >= 15 is 0 Å². The zero-order valence-corrected chi connectivity index (χ0v) is 20.1. The maximum atomic E-state index is 13.6. The molecular weight excluding hydrogens is 422 g/mol. The molecule has 4 rings (SSSR count). The molecule has 1 aromatic heterocycles. The van der Waals surface area contributed by atoms with Gasteiger partial charge in [0.25, 0.3) is 5.91 Å². The highest BCUT2D eigenvalue weighted by Gasteiger charge is 2.33. The van der Waals surface area contributed by atoms with Crippen molar-refractivity contribution >= 4 is 26.8 Å². The molecule has 0 atom stereocenters. The summed E-state index contributed by atoms with van der Waals surface area (Å²) in [6.07, 6.45) is 1.68. The van der Waals surface area contributed by atoms with Gasteiger partial charge >= 0.3 is 0 Å². The molecule has 1 aliphatic heterocycles. The van der Waals surface area contributed by atoms with Crippen molar-refractivity contribution < 1.29 is 13.2 Å². The molecule has 0 radical (unpaired) electrons. The second-order valence-corrected chi connectivity index (χ2v) is 10.4. The summed E-state index contributed by atoms with van der Waals surface area (Å²) in [5.41, 5.74) is 6.02. The summed E-state index contributed by atoms with van der Waals surface area (Å²) >= 11 is 0. The third kappa shape index (κ3) is 3.59. The zero-order valence-electron chi connectivity index (χ0n) is 19.3. The predicted octanol–water partition coefficient (Wildman–Crippen LogP) is 3.92. The number of fused-ring (bicyclic) bond motifs is 1. The van der Waals surface area contributed by atoms with Gasteiger partial charge < -0.3 is 4.90 Å². The molecule has 0 unspecified atom stereocenters. The Morgan fingerprint density at radius 2 is 1.38 bits per heavy atom. The van der Waals surface area contributed by atoms with Gasteiger partial charge in [-0.15, -0.1) is 0 Å². The molecule has 0 N–H and O–H groups in total. The van der Waals surface area contributed by atoms with E-state index < -0.39 is 10.0 Å². The highest BCUT2D eigenvalue weighted by Crippen LogP contribution is 2.32. The van der Waals surface area contributed by atoms with Crippen molar-refractivity contribution in [3.05, 3.63) is 69.9 Å². The maximum Gasteiger partial charge on any atom is 0.256 e. The lowest BCUT2D eigenvalue weighted by molar-refractivity contribution is 0.0699. The molecule has 0 saturated carbocycles. The van der Waals surface area contributed by atoms with E-state index in [1.54, 1.807) is 17.2 Å². The molecule has 1 saturated heterocycles. The molecule has 1 aliphatic rings. The van der Waals surface area contributed by atoms with Crippen molar-refractivity contribution in [3.8, 4) is 0 Å². The van der Waals surface area contributed by atoms with E-state index in [1.807, 2.05) is 58.9 Å². The van der Waals surface area contributed by atoms with E-state index in [0.717, 1.165) is 33.2 Å². The van der Waals surface area contributed by atoms with E-state index in [0.29, 0.717) is 29.1 Å². The Morgan fingerprint density at radius 3 is 2.00 bits per heavy atom. The molecule has 0 bridgehead atoms. The second-order valence-electron chi connectivity index (χ2n) is 8.53. The number of carbonyl (C=O) groups is 1. The number of para-hydroxylation sites is 1. The second kappa shape index (κ2) is 8.30. The predicted molar refractivity (Wildman–Crippen MR) is 127 cm³/mol. The Labute approximate surface area is 189 Å². The van der Waals surface area contributed by atoms with Gasteiger partial charge in [-0.25, -0.2) is 8.42 Å². The van der Waals surface area contributed by atoms with Crippen LogP contribution in [-0.2, 0) is 10.0 Å². The van der Waals surface area contributed by atoms with Crippen molar-refractivity contribution in [1.82, 2.24) is 14.2 Å². The highest BCUT2D eigenvalue weighted by molar-refractivity contribution is 7.89. The minimum atomic E-state index is -3.65. The van der Waals surface area contributed by atoms with Crippen LogP contribution in [0.25, 0.3) is 10.9 Å². The van der Waals surface area contributed by atoms with Crippen LogP contribution in [0.15, 0.2) is 41.4 Å². The Morgan fingerprint density at radius 1 is 0.812 bits per heavy atom. The Bertz CT molecular complexity index is 1290. The Kier molecular flexibility index (Phi) is 5.81. The topological polar surface area (TPSA) is 70.6 Å². The number of amides is 1. The number of sulfonamides is 1. The van der Waals surface area contributed by atoms with Crippen molar-refractivity contribution in [2.45, 2.75) is 39.5 Å². The van der Waals surface area contributed by atoms with Crippen LogP contribution >= 0.6 is 0 Å². The molecule has 2 heterocycles. The Balaban J connectivity index is 1.58. The molecule has 1 amide bonds. The van der Waals surface area contributed by atoms with Gasteiger partial charge in [-0.05, 0) is 74.6 Å². The van der Waals surface area contributed by atoms with Gasteiger partial charge in [0.05, 0.1) is 16.0 Å². The minimum Gasteiger partial charge on any atom is -0.336 e. The van der Waals surface area contributed by atoms with Crippen molar-refractivity contribution in [2.24, 2.45) is 0 Å². The summed E-state index contributed by atoms with van der Waals surface area (Å²) in [6, 6.07) is 9.34. The van der Waals surface area contributed by atoms with Crippen LogP contribution in [0.2, 0.25) is 0 Å². The fourth-order valence-electron chi connectivity index (χ4n) is 4.56. The largest absolute Gasteiger partial charge is 0.336 e. The van der Waals surface area contributed by atoms with E-state index in [-0.39, 0.29) is 19.0 Å². The van der Waals surface area contributed by atoms with Gasteiger partial charge in [-0.2, -0.15) is 4.31 Å². The summed E-state index contributed by atoms with van der Waals surface area (Å²) < 4.78 is 28.7. The first kappa shape index (κ1) is 22.4. The lowest BCUT2D eigenvalue weighted by atomic mass is 9.95. The first-order valence-electron chi connectivity index (χ1n) is 10.8. The van der Waals surface area contributed by atoms with Gasteiger partial charge in [0.2, 0.25) is 10.0 Å². The molecule has 168 valence electrons. The number of hydrogen-bond donors (Lipinski definition) is 0. The lowest BCUT2D eigenvalue weighted by Gasteiger charge is -2.35. The molecular formula is C25H29N3O3S. The fraction of sp³-hybridized carbons (Fsp3) is 0.360. The van der Waals surface area contributed by atoms with Gasteiger partial charge in [-0.3, -0.25) is 9.78 Å². The molecule has 32 heavy (non-hydrogen) atoms. The molecule has 0 spiro atoms. The monoisotopic (exact) mass is 451 g/mol. The van der Waals surface area contributed by atoms with Crippen LogP contribution in [0, 0.1) is 34.6 Å². The summed E-state index contributed by atoms with van der Waals surface area (Å²) in [6.45, 7) is 11.0. The van der Waals surface area contributed by atoms with Gasteiger partial charge in [0.1, 0.15) is 0 Å². The number of nitrogens with zero attached hydrogens (tertiary/aromatic N) is 3. The van der Waals surface area contributed by atoms with E-state index in [9.17, 15) is 13.2 Å². The summed E-state index contributed by atoms with van der Waals surface area (Å²) in [4.78, 5) is 19.7. The van der Waals surface area contributed by atoms with Crippen LogP contribution in [-0.4, -0.2) is 54.7 Å². The third-order valence-corrected chi connectivity index (χ3v) is 9.09. The number of hydrogen-bond acceptors (Lipinski definition) is 4. The molecule has 7 heteroatoms. The van der Waals surface area contributed by atoms with E-state index in [4.69, 9.17) is 0 Å². The van der Waals surface area contributed by atoms with Gasteiger partial charge in [0.15, 0.2) is 0 Å². The number of benzene rings is 2. The SMILES string of the molecule is Cc1c(C)c(C)c(S(=O)(=O)N2CCN(C(=O)c3cccc4cccnc34)CC2)c(C)c1C. The molecule has 0 aliphatic carbocycles. The average Bonchev–Trinajstić information content (AvgIpc) is 2.80. The number of pyridine rings is 1. The molecule has 2 aromatic carbocycles. The summed E-state index contributed by atoms with van der Waals surface area (Å²) in [5, 5.41) is 0.913. The first-order valence-corrected chi connectivity index (χ1v) is 12.3. The number of carbonyl (C=O) groups excluding carboxylic acids is 1. The van der Waals surface area contributed by atoms with Crippen molar-refractivity contribution in [1.29, 1.82) is 0 Å². The number of rotatable bonds is 3. The van der Waals surface area contributed by atoms with Crippen LogP contribution in [0.4, 0.5) is 0 Å². The lowest BCUT2D eigenvalue weighted by Crippen LogP contribution is -2.50. The van der Waals surface area contributed by atoms with Gasteiger partial charge in [-0.1, -0.05) is 18.2 Å². The van der Waals surface area contributed by atoms with Gasteiger partial charge in [0, 0.05) is 37.8 Å². The van der Waals surface area contributed by atoms with Crippen molar-refractivity contribution in [2.75, 3.05) is 26.2 Å². The molecule has 1 fully saturated rings. The highest BCUT2D eigenvalue weighted by atomic mass is 32.2. The number of aromatic nitrogens is 1. The zero-order chi connectivity index (χ0) is 23.2. The first-order chi connectivity index (χ1) is 15.1. The van der Waals surface area contributed by atoms with E-state index in [1.165, 1.54) is 4.31 Å². The van der Waals surface area contributed by atoms with Crippen LogP contribution in [0.1, 0.15) is 38.2 Å². The summed E-state index contributed by atoms with van der Waals surface area (Å²) in [7, 11) is -3.65. The summed E-state index contributed by atoms with van der Waals surface area (Å²) in [5.74, 6) is -0.110. The molecule has 3 aromatic rings. The van der Waals surface area contributed by atoms with Crippen LogP contribution in [0.5, 0.6) is 0 Å². The van der Waals surface area contributed by atoms with Crippen molar-refractivity contribution in [3.63, 3.8) is 0 Å². The smallest absolute Gasteiger partial charge is 0.256 e. The normalized spacial score (nSPS) is 15.3. The van der Waals surface area contributed by atoms with Crippen LogP contribution < -0.4 is 0 Å². The van der Waals surface area contributed by atoms with E-state index in [2.05, 4.69) is 4.98 Å². The number of piperazine rings is 1. The third-order valence-electron chi connectivity index (χ3n) is 6.92. The van der Waals surface area contributed by atoms with Crippen LogP contribution in [0.3, 0.4) is 0 Å². The minimum absolute atomic E-state index is 0.110. The standard InChI is InChI=1S/C25H29N3O3S/c1-16-17(2)19(4)24(20(5)18(16)3)32(30,31)28-14-12-27(13-15-28)25(29)22-10-6-8-21-9-7-11-26-23(21)22/h6-11H,12-15H2,1-5H3. The molecule has 6 nitrogen and oxygen atoms in total. The fourth-order valence-corrected chi connectivity index (χ4v) is 6.54. The average molecular weight is 452 g/mol. The Hall–Kier alpha value is -2.77.